The van der Waals surface area contributed by atoms with E-state index in [-0.39, 0.29) is 72.8 Å². The van der Waals surface area contributed by atoms with E-state index in [1.807, 2.05) is 58.9 Å². The van der Waals surface area contributed by atoms with Gasteiger partial charge in [-0.3, -0.25) is 10.0 Å². The van der Waals surface area contributed by atoms with Gasteiger partial charge < -0.3 is 88.3 Å². The zero-order valence-electron chi connectivity index (χ0n) is 50.5. The fourth-order valence-corrected chi connectivity index (χ4v) is 15.7. The Morgan fingerprint density at radius 3 is 1.96 bits per heavy atom. The normalized spacial score (nSPS) is 49.9. The lowest BCUT2D eigenvalue weighted by molar-refractivity contribution is -0.335. The Labute approximate surface area is 487 Å². The highest BCUT2D eigenvalue weighted by Gasteiger charge is 2.64. The third-order valence-electron chi connectivity index (χ3n) is 20.3. The minimum absolute atomic E-state index is 0.0258. The van der Waals surface area contributed by atoms with Gasteiger partial charge >= 0.3 is 12.1 Å². The standard InChI is InChI=1S/C61H91N2O20/c1-27-15-18-42(79-47-26-59(11,63(71)72)54(36(10)78-47)62-58(70)74-14)29(3)21-37-20-28(2)32(6)25-61(37)56(68)48(57(69)83-61)55(67)60(12)39(27)17-16-38-49(60)30(4)19-31(5)51(38)81-46-24-43(50(66)33(7)75-46)80-44-23-41(65)53(35(9)77-44)82-45-22-40(64)52(73-13)34(8)76-45/h15-17,20-21,30-47,49-54,64-67,71H,18-19,22-26H2,1-14H3,(H,62,70)/q-1/b27-15-,29-21-,55-48-/t30-,31-,32+,33-,34-,35-,36+,37-,38-,39-,40+,41+,42-,43+,44-,45+,46-,47-,49+,50-,51-,52-,53-,54-,59-,60+,61-/m0/s1. The van der Waals surface area contributed by atoms with Crippen LogP contribution in [-0.2, 0) is 61.7 Å². The van der Waals surface area contributed by atoms with E-state index >= 15 is 4.79 Å². The van der Waals surface area contributed by atoms with Crippen molar-refractivity contribution in [3.63, 3.8) is 0 Å². The number of Topliss-reactive ketones (excluding diaryl/α,β-unsaturated/α-hetero) is 1. The van der Waals surface area contributed by atoms with E-state index in [9.17, 15) is 40.4 Å². The molecule has 22 heteroatoms. The average molecular weight is 1170 g/mol. The molecule has 0 aromatic rings. The Balaban J connectivity index is 1.00. The van der Waals surface area contributed by atoms with Crippen LogP contribution in [0.15, 0.2) is 58.4 Å². The number of aliphatic hydroxyl groups is 4. The fourth-order valence-electron chi connectivity index (χ4n) is 15.7. The van der Waals surface area contributed by atoms with Crippen LogP contribution < -0.4 is 5.32 Å². The number of amides is 1. The van der Waals surface area contributed by atoms with Crippen molar-refractivity contribution >= 4 is 17.8 Å². The number of ether oxygens (including phenoxy) is 11. The number of carbonyl (C=O) groups excluding carboxylic acids is 3. The van der Waals surface area contributed by atoms with Gasteiger partial charge in [-0.05, 0) is 97.5 Å². The second-order valence-corrected chi connectivity index (χ2v) is 26.0. The maximum absolute atomic E-state index is 15.5. The number of nitrogens with zero attached hydrogens (tertiary/aromatic N) is 1. The minimum Gasteiger partial charge on any atom is -0.762 e. The van der Waals surface area contributed by atoms with Crippen LogP contribution in [0.25, 0.3) is 0 Å². The van der Waals surface area contributed by atoms with Gasteiger partial charge in [-0.25, -0.2) is 9.59 Å². The summed E-state index contributed by atoms with van der Waals surface area (Å²) in [6.45, 7) is 22.4. The Bertz CT molecular complexity index is 2530. The maximum atomic E-state index is 15.5. The highest BCUT2D eigenvalue weighted by Crippen LogP contribution is 2.61. The quantitative estimate of drug-likeness (QED) is 0.0556. The molecule has 1 spiro atoms. The summed E-state index contributed by atoms with van der Waals surface area (Å²) in [5, 5.41) is 72.8. The first-order valence-electron chi connectivity index (χ1n) is 29.8. The number of hydrogen-bond acceptors (Lipinski definition) is 21. The smallest absolute Gasteiger partial charge is 0.407 e. The molecule has 22 nitrogen and oxygen atoms in total. The van der Waals surface area contributed by atoms with Crippen molar-refractivity contribution in [3.05, 3.63) is 63.6 Å². The number of rotatable bonds is 11. The van der Waals surface area contributed by atoms with Crippen LogP contribution in [0.5, 0.6) is 0 Å². The van der Waals surface area contributed by atoms with Gasteiger partial charge in [0.15, 0.2) is 30.8 Å². The van der Waals surface area contributed by atoms with Crippen molar-refractivity contribution in [2.75, 3.05) is 14.2 Å². The number of ketones is 1. The van der Waals surface area contributed by atoms with Crippen LogP contribution in [0.4, 0.5) is 4.79 Å². The van der Waals surface area contributed by atoms with Gasteiger partial charge in [0.05, 0.1) is 73.6 Å². The largest absolute Gasteiger partial charge is 0.762 e. The molecule has 9 rings (SSSR count). The van der Waals surface area contributed by atoms with E-state index in [2.05, 4.69) is 25.2 Å². The minimum atomic E-state index is -1.70. The number of carbonyl (C=O) groups is 3. The van der Waals surface area contributed by atoms with Crippen molar-refractivity contribution in [3.8, 4) is 0 Å². The van der Waals surface area contributed by atoms with Gasteiger partial charge in [-0.1, -0.05) is 69.2 Å². The Kier molecular flexibility index (Phi) is 19.1. The lowest BCUT2D eigenvalue weighted by atomic mass is 9.49. The third kappa shape index (κ3) is 12.0. The van der Waals surface area contributed by atoms with Crippen molar-refractivity contribution in [1.29, 1.82) is 0 Å². The molecule has 5 aliphatic heterocycles. The molecule has 5 heterocycles. The molecule has 1 amide bonds. The second-order valence-electron chi connectivity index (χ2n) is 26.0. The van der Waals surface area contributed by atoms with E-state index in [4.69, 9.17) is 52.1 Å². The molecule has 5 saturated heterocycles. The van der Waals surface area contributed by atoms with Gasteiger partial charge in [0.25, 0.3) is 0 Å². The molecule has 9 aliphatic rings. The van der Waals surface area contributed by atoms with Crippen molar-refractivity contribution in [2.45, 2.75) is 244 Å². The molecule has 0 radical (unpaired) electrons. The van der Waals surface area contributed by atoms with Crippen molar-refractivity contribution in [1.82, 2.24) is 10.5 Å². The Morgan fingerprint density at radius 2 is 1.33 bits per heavy atom. The van der Waals surface area contributed by atoms with E-state index < -0.39 is 163 Å². The number of methoxy groups -OCH3 is 2. The number of esters is 1. The molecular formula is C61H91N2O20-. The van der Waals surface area contributed by atoms with Crippen LogP contribution in [0, 0.1) is 52.0 Å². The lowest BCUT2D eigenvalue weighted by Gasteiger charge is -2.56. The molecule has 0 aromatic heterocycles. The SMILES string of the molecule is COC(=O)N[C@H]1[C@@H](C)O[C@@H](O[C@H]2C/C=C(/C)[C@@H]3C=C[C@@H]4[C@@H](O[C@H]5C[C@@H](O[C@H]6C[C@@H](O)[C@@H](O[C@@H]7C[C@@H](O)[C@@H](OC)[C@H](C)O7)[C@H](C)O6)[C@@H](O)[C@H](C)O5)[C@@H](C)C[C@H](C)[C@H]4[C@]3(C)/C(O)=C3/C(=O)O[C@]4(C[C@@H](C)C(C)=C[C@H]4/C=C\2C)C3=O)C[C@]1(C)N([O-])O. The van der Waals surface area contributed by atoms with E-state index in [1.165, 1.54) is 21.1 Å². The molecular weight excluding hydrogens is 1080 g/mol. The molecule has 6 fully saturated rings. The number of allylic oxidation sites excluding steroid dienone is 4. The topological polar surface area (TPSA) is 292 Å². The van der Waals surface area contributed by atoms with Crippen molar-refractivity contribution < 1.29 is 92.1 Å². The molecule has 0 unspecified atom stereocenters. The number of alkyl carbamates (subject to hydrolysis) is 1. The fraction of sp³-hybridized carbons (Fsp3) is 0.787. The first-order valence-corrected chi connectivity index (χ1v) is 29.8. The number of hydroxylamine groups is 2. The summed E-state index contributed by atoms with van der Waals surface area (Å²) in [4.78, 5) is 42.7. The predicted molar refractivity (Wildman–Crippen MR) is 296 cm³/mol. The second kappa shape index (κ2) is 24.8. The van der Waals surface area contributed by atoms with Crippen LogP contribution in [0.3, 0.4) is 0 Å². The highest BCUT2D eigenvalue weighted by atomic mass is 16.8. The summed E-state index contributed by atoms with van der Waals surface area (Å²) < 4.78 is 68.2. The maximum Gasteiger partial charge on any atom is 0.407 e. The molecule has 1 saturated carbocycles. The van der Waals surface area contributed by atoms with Gasteiger partial charge in [0, 0.05) is 62.4 Å². The molecule has 2 bridgehead atoms. The Morgan fingerprint density at radius 1 is 0.723 bits per heavy atom. The number of aliphatic hydroxyl groups excluding tert-OH is 4. The average Bonchev–Trinajstić information content (AvgIpc) is 1.91. The van der Waals surface area contributed by atoms with Crippen molar-refractivity contribution in [2.24, 2.45) is 46.8 Å². The molecule has 6 N–H and O–H groups in total. The summed E-state index contributed by atoms with van der Waals surface area (Å²) in [6, 6.07) is -0.995. The molecule has 466 valence electrons. The first kappa shape index (κ1) is 63.8. The Hall–Kier alpha value is -3.69. The summed E-state index contributed by atoms with van der Waals surface area (Å²) in [5.41, 5.74) is -2.51. The highest BCUT2D eigenvalue weighted by molar-refractivity contribution is 6.26. The summed E-state index contributed by atoms with van der Waals surface area (Å²) >= 11 is 0. The van der Waals surface area contributed by atoms with Gasteiger partial charge in [-0.2, -0.15) is 0 Å². The summed E-state index contributed by atoms with van der Waals surface area (Å²) in [6.07, 6.45) is -2.33. The molecule has 4 aliphatic carbocycles. The zero-order chi connectivity index (χ0) is 60.5. The molecule has 0 aromatic carbocycles. The monoisotopic (exact) mass is 1170 g/mol. The third-order valence-corrected chi connectivity index (χ3v) is 20.3. The molecule has 27 atom stereocenters. The number of nitrogens with one attached hydrogen (secondary N) is 1. The van der Waals surface area contributed by atoms with E-state index in [1.54, 1.807) is 27.7 Å². The molecule has 83 heavy (non-hydrogen) atoms. The van der Waals surface area contributed by atoms with E-state index in [0.29, 0.717) is 12.0 Å². The zero-order valence-corrected chi connectivity index (χ0v) is 50.5. The van der Waals surface area contributed by atoms with Crippen LogP contribution in [-0.4, -0.2) is 179 Å². The van der Waals surface area contributed by atoms with Gasteiger partial charge in [-0.15, -0.1) is 0 Å². The number of fused-ring (bicyclic) bond motifs is 4. The van der Waals surface area contributed by atoms with Crippen LogP contribution >= 0.6 is 0 Å². The number of hydrogen-bond donors (Lipinski definition) is 6. The van der Waals surface area contributed by atoms with Gasteiger partial charge in [0.2, 0.25) is 5.78 Å². The van der Waals surface area contributed by atoms with E-state index in [0.717, 1.165) is 11.1 Å². The first-order chi connectivity index (χ1) is 39.1. The van der Waals surface area contributed by atoms with Crippen LogP contribution in [0.1, 0.15) is 128 Å². The summed E-state index contributed by atoms with van der Waals surface area (Å²) in [7, 11) is 2.70. The van der Waals surface area contributed by atoms with Crippen LogP contribution in [0.2, 0.25) is 0 Å². The lowest BCUT2D eigenvalue weighted by Crippen LogP contribution is -2.67. The van der Waals surface area contributed by atoms with Gasteiger partial charge in [0.1, 0.15) is 29.6 Å². The predicted octanol–water partition coefficient (Wildman–Crippen LogP) is 6.51. The summed E-state index contributed by atoms with van der Waals surface area (Å²) in [5.74, 6) is -4.32.